The lowest BCUT2D eigenvalue weighted by Crippen LogP contribution is -2.33. The molecule has 6 nitrogen and oxygen atoms in total. The molecule has 0 radical (unpaired) electrons. The first-order chi connectivity index (χ1) is 8.49. The Balaban J connectivity index is 2.86. The molecular formula is C11H18N4O2S. The molecule has 0 aliphatic carbocycles. The summed E-state index contributed by atoms with van der Waals surface area (Å²) in [7, 11) is 1.60. The summed E-state index contributed by atoms with van der Waals surface area (Å²) in [6, 6.07) is -0.0967. The van der Waals surface area contributed by atoms with Crippen LogP contribution < -0.4 is 11.1 Å². The third kappa shape index (κ3) is 3.43. The molecule has 0 amide bonds. The molecule has 0 saturated heterocycles. The molecule has 7 heteroatoms. The Labute approximate surface area is 110 Å². The highest BCUT2D eigenvalue weighted by atomic mass is 32.1. The number of rotatable bonds is 4. The molecule has 18 heavy (non-hydrogen) atoms. The fourth-order valence-electron chi connectivity index (χ4n) is 1.34. The molecule has 1 rings (SSSR count). The van der Waals surface area contributed by atoms with Gasteiger partial charge in [-0.05, 0) is 20.8 Å². The summed E-state index contributed by atoms with van der Waals surface area (Å²) in [6.45, 7) is 5.83. The SMILES string of the molecule is CCOC(=O)c1sc(C(C)NC(N)=NC)nc1C. The van der Waals surface area contributed by atoms with Gasteiger partial charge in [-0.1, -0.05) is 0 Å². The monoisotopic (exact) mass is 270 g/mol. The predicted octanol–water partition coefficient (Wildman–Crippen LogP) is 1.22. The molecule has 1 atom stereocenters. The molecule has 1 aromatic rings. The molecular weight excluding hydrogens is 252 g/mol. The largest absolute Gasteiger partial charge is 0.462 e. The fraction of sp³-hybridized carbons (Fsp3) is 0.545. The van der Waals surface area contributed by atoms with Crippen LogP contribution in [0.3, 0.4) is 0 Å². The minimum absolute atomic E-state index is 0.0967. The van der Waals surface area contributed by atoms with E-state index in [-0.39, 0.29) is 12.0 Å². The molecule has 1 heterocycles. The van der Waals surface area contributed by atoms with Crippen LogP contribution in [0.1, 0.15) is 40.3 Å². The second-order valence-electron chi connectivity index (χ2n) is 3.66. The van der Waals surface area contributed by atoms with E-state index in [0.717, 1.165) is 5.01 Å². The topological polar surface area (TPSA) is 89.6 Å². The van der Waals surface area contributed by atoms with Gasteiger partial charge in [-0.3, -0.25) is 4.99 Å². The number of carbonyl (C=O) groups excluding carboxylic acids is 1. The molecule has 0 bridgehead atoms. The summed E-state index contributed by atoms with van der Waals surface area (Å²) in [4.78, 5) is 20.4. The van der Waals surface area contributed by atoms with Crippen molar-refractivity contribution in [3.05, 3.63) is 15.6 Å². The number of hydrogen-bond acceptors (Lipinski definition) is 5. The van der Waals surface area contributed by atoms with Crippen molar-refractivity contribution in [2.45, 2.75) is 26.8 Å². The number of nitrogens with two attached hydrogens (primary N) is 1. The number of ether oxygens (including phenoxy) is 1. The van der Waals surface area contributed by atoms with Crippen LogP contribution in [0.15, 0.2) is 4.99 Å². The number of esters is 1. The van der Waals surface area contributed by atoms with Crippen LogP contribution >= 0.6 is 11.3 Å². The summed E-state index contributed by atoms with van der Waals surface area (Å²) in [5, 5.41) is 3.76. The number of nitrogens with zero attached hydrogens (tertiary/aromatic N) is 2. The first kappa shape index (κ1) is 14.4. The minimum atomic E-state index is -0.330. The van der Waals surface area contributed by atoms with E-state index < -0.39 is 0 Å². The Morgan fingerprint density at radius 2 is 2.33 bits per heavy atom. The third-order valence-electron chi connectivity index (χ3n) is 2.25. The smallest absolute Gasteiger partial charge is 0.350 e. The lowest BCUT2D eigenvalue weighted by Gasteiger charge is -2.10. The van der Waals surface area contributed by atoms with E-state index >= 15 is 0 Å². The van der Waals surface area contributed by atoms with Crippen LogP contribution in [0.5, 0.6) is 0 Å². The van der Waals surface area contributed by atoms with E-state index in [1.165, 1.54) is 11.3 Å². The van der Waals surface area contributed by atoms with Crippen molar-refractivity contribution in [1.82, 2.24) is 10.3 Å². The number of aryl methyl sites for hydroxylation is 1. The van der Waals surface area contributed by atoms with Gasteiger partial charge in [0.15, 0.2) is 5.96 Å². The summed E-state index contributed by atoms with van der Waals surface area (Å²) in [6.07, 6.45) is 0. The number of aromatic nitrogens is 1. The van der Waals surface area contributed by atoms with Gasteiger partial charge in [0.25, 0.3) is 0 Å². The third-order valence-corrected chi connectivity index (χ3v) is 3.57. The normalized spacial score (nSPS) is 13.2. The Morgan fingerprint density at radius 3 is 2.89 bits per heavy atom. The molecule has 0 aliphatic rings. The Kier molecular flexibility index (Phi) is 5.08. The summed E-state index contributed by atoms with van der Waals surface area (Å²) in [5.74, 6) is 0.0103. The zero-order valence-corrected chi connectivity index (χ0v) is 11.8. The van der Waals surface area contributed by atoms with Crippen molar-refractivity contribution in [3.63, 3.8) is 0 Å². The molecule has 0 aliphatic heterocycles. The zero-order valence-electron chi connectivity index (χ0n) is 11.0. The van der Waals surface area contributed by atoms with Gasteiger partial charge in [-0.2, -0.15) is 0 Å². The van der Waals surface area contributed by atoms with Crippen molar-refractivity contribution in [3.8, 4) is 0 Å². The minimum Gasteiger partial charge on any atom is -0.462 e. The highest BCUT2D eigenvalue weighted by Crippen LogP contribution is 2.24. The van der Waals surface area contributed by atoms with Gasteiger partial charge in [0, 0.05) is 7.05 Å². The van der Waals surface area contributed by atoms with E-state index in [0.29, 0.717) is 23.1 Å². The van der Waals surface area contributed by atoms with E-state index in [1.807, 2.05) is 6.92 Å². The maximum atomic E-state index is 11.7. The van der Waals surface area contributed by atoms with Gasteiger partial charge in [0.1, 0.15) is 9.88 Å². The molecule has 0 spiro atoms. The summed E-state index contributed by atoms with van der Waals surface area (Å²) >= 11 is 1.31. The van der Waals surface area contributed by atoms with Crippen LogP contribution in [0, 0.1) is 6.92 Å². The molecule has 0 saturated carbocycles. The fourth-order valence-corrected chi connectivity index (χ4v) is 2.30. The van der Waals surface area contributed by atoms with E-state index in [4.69, 9.17) is 10.5 Å². The lowest BCUT2D eigenvalue weighted by atomic mass is 10.3. The molecule has 0 fully saturated rings. The second-order valence-corrected chi connectivity index (χ2v) is 4.69. The first-order valence-corrected chi connectivity index (χ1v) is 6.44. The van der Waals surface area contributed by atoms with Gasteiger partial charge in [0.05, 0.1) is 18.3 Å². The van der Waals surface area contributed by atoms with E-state index in [2.05, 4.69) is 15.3 Å². The standard InChI is InChI=1S/C11H18N4O2S/c1-5-17-10(16)8-6(2)14-9(18-8)7(3)15-11(12)13-4/h7H,5H2,1-4H3,(H3,12,13,15). The number of aliphatic imine (C=N–C) groups is 1. The number of carbonyl (C=O) groups is 1. The number of nitrogens with one attached hydrogen (secondary N) is 1. The van der Waals surface area contributed by atoms with Crippen LogP contribution in [0.25, 0.3) is 0 Å². The number of thiazole rings is 1. The van der Waals surface area contributed by atoms with E-state index in [9.17, 15) is 4.79 Å². The van der Waals surface area contributed by atoms with Gasteiger partial charge in [0.2, 0.25) is 0 Å². The van der Waals surface area contributed by atoms with Gasteiger partial charge < -0.3 is 15.8 Å². The summed E-state index contributed by atoms with van der Waals surface area (Å²) in [5.41, 5.74) is 6.26. The van der Waals surface area contributed by atoms with Crippen molar-refractivity contribution in [1.29, 1.82) is 0 Å². The Morgan fingerprint density at radius 1 is 1.67 bits per heavy atom. The quantitative estimate of drug-likeness (QED) is 0.488. The Bertz CT molecular complexity index is 456. The number of guanidine groups is 1. The second kappa shape index (κ2) is 6.34. The average Bonchev–Trinajstić information content (AvgIpc) is 2.71. The van der Waals surface area contributed by atoms with Gasteiger partial charge in [-0.25, -0.2) is 9.78 Å². The van der Waals surface area contributed by atoms with Crippen molar-refractivity contribution >= 4 is 23.3 Å². The predicted molar refractivity (Wildman–Crippen MR) is 71.9 cm³/mol. The van der Waals surface area contributed by atoms with E-state index in [1.54, 1.807) is 20.9 Å². The van der Waals surface area contributed by atoms with Crippen LogP contribution in [0.2, 0.25) is 0 Å². The summed E-state index contributed by atoms with van der Waals surface area (Å²) < 4.78 is 4.97. The van der Waals surface area contributed by atoms with Crippen molar-refractivity contribution in [2.75, 3.05) is 13.7 Å². The van der Waals surface area contributed by atoms with Crippen LogP contribution in [0.4, 0.5) is 0 Å². The van der Waals surface area contributed by atoms with Crippen LogP contribution in [-0.2, 0) is 4.74 Å². The van der Waals surface area contributed by atoms with Crippen LogP contribution in [-0.4, -0.2) is 30.6 Å². The van der Waals surface area contributed by atoms with Gasteiger partial charge in [-0.15, -0.1) is 11.3 Å². The molecule has 3 N–H and O–H groups in total. The number of hydrogen-bond donors (Lipinski definition) is 2. The van der Waals surface area contributed by atoms with Crippen molar-refractivity contribution in [2.24, 2.45) is 10.7 Å². The maximum Gasteiger partial charge on any atom is 0.350 e. The molecule has 1 unspecified atom stereocenters. The highest BCUT2D eigenvalue weighted by molar-refractivity contribution is 7.13. The van der Waals surface area contributed by atoms with Gasteiger partial charge >= 0.3 is 5.97 Å². The average molecular weight is 270 g/mol. The lowest BCUT2D eigenvalue weighted by molar-refractivity contribution is 0.0531. The first-order valence-electron chi connectivity index (χ1n) is 5.62. The maximum absolute atomic E-state index is 11.7. The Hall–Kier alpha value is -1.63. The molecule has 0 aromatic carbocycles. The zero-order chi connectivity index (χ0) is 13.7. The molecule has 100 valence electrons. The highest BCUT2D eigenvalue weighted by Gasteiger charge is 2.19. The van der Waals surface area contributed by atoms with Crippen molar-refractivity contribution < 1.29 is 9.53 Å². The molecule has 1 aromatic heterocycles.